The van der Waals surface area contributed by atoms with Gasteiger partial charge in [-0.15, -0.1) is 0 Å². The monoisotopic (exact) mass is 181 g/mol. The van der Waals surface area contributed by atoms with Crippen molar-refractivity contribution in [3.8, 4) is 0 Å². The molecule has 1 fully saturated rings. The van der Waals surface area contributed by atoms with Crippen LogP contribution in [0.15, 0.2) is 24.3 Å². The highest BCUT2D eigenvalue weighted by Gasteiger charge is 2.17. The summed E-state index contributed by atoms with van der Waals surface area (Å²) in [6, 6.07) is 8.72. The summed E-state index contributed by atoms with van der Waals surface area (Å²) in [5, 5.41) is 4.26. The summed E-state index contributed by atoms with van der Waals surface area (Å²) in [5.41, 5.74) is 1.26. The highest BCUT2D eigenvalue weighted by atomic mass is 35.5. The van der Waals surface area contributed by atoms with Crippen LogP contribution in [0, 0.1) is 0 Å². The molecule has 12 heavy (non-hydrogen) atoms. The molecule has 1 unspecified atom stereocenters. The number of nitrogens with one attached hydrogen (secondary N) is 1. The SMILES string of the molecule is Clc1ccccc1CC1CCN1. The molecule has 0 aliphatic carbocycles. The molecule has 1 heterocycles. The van der Waals surface area contributed by atoms with Gasteiger partial charge in [-0.3, -0.25) is 0 Å². The topological polar surface area (TPSA) is 12.0 Å². The Morgan fingerprint density at radius 1 is 1.42 bits per heavy atom. The van der Waals surface area contributed by atoms with Crippen LogP contribution >= 0.6 is 11.6 Å². The van der Waals surface area contributed by atoms with E-state index >= 15 is 0 Å². The summed E-state index contributed by atoms with van der Waals surface area (Å²) < 4.78 is 0. The van der Waals surface area contributed by atoms with E-state index in [1.807, 2.05) is 18.2 Å². The van der Waals surface area contributed by atoms with Gasteiger partial charge in [0.15, 0.2) is 0 Å². The van der Waals surface area contributed by atoms with Crippen molar-refractivity contribution in [1.82, 2.24) is 5.32 Å². The molecule has 1 N–H and O–H groups in total. The molecule has 1 aromatic carbocycles. The maximum atomic E-state index is 6.02. The number of halogens is 1. The summed E-state index contributed by atoms with van der Waals surface area (Å²) in [4.78, 5) is 0. The molecule has 0 amide bonds. The molecule has 0 aromatic heterocycles. The molecular formula is C10H12ClN. The second-order valence-corrected chi connectivity index (χ2v) is 3.64. The maximum absolute atomic E-state index is 6.02. The van der Waals surface area contributed by atoms with Crippen molar-refractivity contribution in [1.29, 1.82) is 0 Å². The predicted octanol–water partition coefficient (Wildman–Crippen LogP) is 2.24. The van der Waals surface area contributed by atoms with Gasteiger partial charge in [0, 0.05) is 11.1 Å². The Morgan fingerprint density at radius 2 is 2.17 bits per heavy atom. The van der Waals surface area contributed by atoms with E-state index in [0.717, 1.165) is 18.0 Å². The zero-order valence-corrected chi connectivity index (χ0v) is 7.64. The Bertz CT molecular complexity index is 268. The molecule has 2 heteroatoms. The van der Waals surface area contributed by atoms with Crippen LogP contribution in [-0.2, 0) is 6.42 Å². The first-order chi connectivity index (χ1) is 5.86. The van der Waals surface area contributed by atoms with Gasteiger partial charge in [-0.1, -0.05) is 29.8 Å². The Morgan fingerprint density at radius 3 is 2.75 bits per heavy atom. The molecule has 1 aliphatic rings. The molecule has 1 saturated heterocycles. The van der Waals surface area contributed by atoms with Crippen molar-refractivity contribution in [2.75, 3.05) is 6.54 Å². The first-order valence-electron chi connectivity index (χ1n) is 4.33. The van der Waals surface area contributed by atoms with Gasteiger partial charge in [-0.05, 0) is 31.0 Å². The molecule has 64 valence electrons. The van der Waals surface area contributed by atoms with Crippen LogP contribution in [0.1, 0.15) is 12.0 Å². The molecule has 1 atom stereocenters. The van der Waals surface area contributed by atoms with Gasteiger partial charge in [-0.25, -0.2) is 0 Å². The highest BCUT2D eigenvalue weighted by molar-refractivity contribution is 6.31. The largest absolute Gasteiger partial charge is 0.314 e. The maximum Gasteiger partial charge on any atom is 0.0438 e. The van der Waals surface area contributed by atoms with Gasteiger partial charge in [0.05, 0.1) is 0 Å². The molecule has 0 radical (unpaired) electrons. The van der Waals surface area contributed by atoms with Crippen molar-refractivity contribution in [2.24, 2.45) is 0 Å². The smallest absolute Gasteiger partial charge is 0.0438 e. The molecule has 0 spiro atoms. The van der Waals surface area contributed by atoms with Gasteiger partial charge in [-0.2, -0.15) is 0 Å². The zero-order valence-electron chi connectivity index (χ0n) is 6.89. The number of rotatable bonds is 2. The summed E-state index contributed by atoms with van der Waals surface area (Å²) >= 11 is 6.02. The standard InChI is InChI=1S/C10H12ClN/c11-10-4-2-1-3-8(10)7-9-5-6-12-9/h1-4,9,12H,5-7H2. The van der Waals surface area contributed by atoms with E-state index in [1.165, 1.54) is 12.0 Å². The lowest BCUT2D eigenvalue weighted by Gasteiger charge is -2.27. The van der Waals surface area contributed by atoms with Gasteiger partial charge < -0.3 is 5.32 Å². The van der Waals surface area contributed by atoms with E-state index in [1.54, 1.807) is 0 Å². The van der Waals surface area contributed by atoms with E-state index in [9.17, 15) is 0 Å². The van der Waals surface area contributed by atoms with Crippen LogP contribution in [0.4, 0.5) is 0 Å². The highest BCUT2D eigenvalue weighted by Crippen LogP contribution is 2.19. The van der Waals surface area contributed by atoms with Crippen molar-refractivity contribution in [3.63, 3.8) is 0 Å². The molecule has 1 aromatic rings. The van der Waals surface area contributed by atoms with Crippen LogP contribution in [0.3, 0.4) is 0 Å². The fraction of sp³-hybridized carbons (Fsp3) is 0.400. The fourth-order valence-corrected chi connectivity index (χ4v) is 1.66. The lowest BCUT2D eigenvalue weighted by Crippen LogP contribution is -2.44. The summed E-state index contributed by atoms with van der Waals surface area (Å²) in [6.45, 7) is 1.16. The molecule has 0 bridgehead atoms. The van der Waals surface area contributed by atoms with Gasteiger partial charge in [0.2, 0.25) is 0 Å². The van der Waals surface area contributed by atoms with Crippen molar-refractivity contribution in [2.45, 2.75) is 18.9 Å². The normalized spacial score (nSPS) is 21.9. The fourth-order valence-electron chi connectivity index (χ4n) is 1.45. The van der Waals surface area contributed by atoms with Gasteiger partial charge >= 0.3 is 0 Å². The zero-order chi connectivity index (χ0) is 8.39. The second kappa shape index (κ2) is 3.46. The minimum absolute atomic E-state index is 0.657. The second-order valence-electron chi connectivity index (χ2n) is 3.24. The van der Waals surface area contributed by atoms with Gasteiger partial charge in [0.1, 0.15) is 0 Å². The molecular weight excluding hydrogens is 170 g/mol. The Kier molecular flexibility index (Phi) is 2.33. The van der Waals surface area contributed by atoms with E-state index in [0.29, 0.717) is 6.04 Å². The Labute approximate surface area is 77.7 Å². The lowest BCUT2D eigenvalue weighted by atomic mass is 9.98. The summed E-state index contributed by atoms with van der Waals surface area (Å²) in [7, 11) is 0. The van der Waals surface area contributed by atoms with Crippen LogP contribution in [0.5, 0.6) is 0 Å². The van der Waals surface area contributed by atoms with Crippen molar-refractivity contribution >= 4 is 11.6 Å². The predicted molar refractivity (Wildman–Crippen MR) is 51.6 cm³/mol. The molecule has 2 rings (SSSR count). The third kappa shape index (κ3) is 1.62. The minimum atomic E-state index is 0.657. The number of benzene rings is 1. The third-order valence-corrected chi connectivity index (χ3v) is 2.72. The molecule has 1 aliphatic heterocycles. The molecule has 1 nitrogen and oxygen atoms in total. The van der Waals surface area contributed by atoms with E-state index < -0.39 is 0 Å². The number of hydrogen-bond acceptors (Lipinski definition) is 1. The number of hydrogen-bond donors (Lipinski definition) is 1. The lowest BCUT2D eigenvalue weighted by molar-refractivity contribution is 0.369. The molecule has 0 saturated carbocycles. The summed E-state index contributed by atoms with van der Waals surface area (Å²) in [6.07, 6.45) is 2.35. The van der Waals surface area contributed by atoms with E-state index in [-0.39, 0.29) is 0 Å². The van der Waals surface area contributed by atoms with Crippen molar-refractivity contribution < 1.29 is 0 Å². The van der Waals surface area contributed by atoms with Crippen LogP contribution in [-0.4, -0.2) is 12.6 Å². The van der Waals surface area contributed by atoms with Crippen LogP contribution in [0.25, 0.3) is 0 Å². The first kappa shape index (κ1) is 8.09. The average molecular weight is 182 g/mol. The van der Waals surface area contributed by atoms with E-state index in [2.05, 4.69) is 11.4 Å². The van der Waals surface area contributed by atoms with Crippen LogP contribution in [0.2, 0.25) is 5.02 Å². The van der Waals surface area contributed by atoms with Crippen LogP contribution < -0.4 is 5.32 Å². The summed E-state index contributed by atoms with van der Waals surface area (Å²) in [5.74, 6) is 0. The van der Waals surface area contributed by atoms with Gasteiger partial charge in [0.25, 0.3) is 0 Å². The average Bonchev–Trinajstić information content (AvgIpc) is 2.00. The Balaban J connectivity index is 2.06. The first-order valence-corrected chi connectivity index (χ1v) is 4.71. The van der Waals surface area contributed by atoms with E-state index in [4.69, 9.17) is 11.6 Å². The minimum Gasteiger partial charge on any atom is -0.314 e. The van der Waals surface area contributed by atoms with Crippen molar-refractivity contribution in [3.05, 3.63) is 34.9 Å². The Hall–Kier alpha value is -0.530. The quantitative estimate of drug-likeness (QED) is 0.738. The third-order valence-electron chi connectivity index (χ3n) is 2.35.